The van der Waals surface area contributed by atoms with Crippen LogP contribution in [0, 0.1) is 0 Å². The van der Waals surface area contributed by atoms with E-state index in [-0.39, 0.29) is 0 Å². The van der Waals surface area contributed by atoms with E-state index in [1.54, 1.807) is 19.9 Å². The largest absolute Gasteiger partial charge is 0.479 e. The Labute approximate surface area is 113 Å². The first kappa shape index (κ1) is 14.0. The summed E-state index contributed by atoms with van der Waals surface area (Å²) in [6.45, 7) is 3.27. The van der Waals surface area contributed by atoms with Crippen molar-refractivity contribution in [1.29, 1.82) is 0 Å². The number of aliphatic hydroxyl groups is 1. The van der Waals surface area contributed by atoms with Crippen LogP contribution in [0.2, 0.25) is 0 Å². The number of hydrogen-bond donors (Lipinski definition) is 2. The van der Waals surface area contributed by atoms with E-state index in [0.717, 1.165) is 18.4 Å². The van der Waals surface area contributed by atoms with Crippen molar-refractivity contribution in [2.75, 3.05) is 0 Å². The highest BCUT2D eigenvalue weighted by Crippen LogP contribution is 2.43. The highest BCUT2D eigenvalue weighted by molar-refractivity contribution is 5.75. The molecule has 0 heterocycles. The molecular weight excluding hydrogens is 244 g/mol. The fraction of sp³-hybridized carbons (Fsp3) is 0.533. The molecule has 19 heavy (non-hydrogen) atoms. The van der Waals surface area contributed by atoms with E-state index in [1.165, 1.54) is 0 Å². The van der Waals surface area contributed by atoms with Gasteiger partial charge in [0.2, 0.25) is 0 Å². The lowest BCUT2D eigenvalue weighted by Gasteiger charge is -2.23. The summed E-state index contributed by atoms with van der Waals surface area (Å²) in [5, 5.41) is 18.8. The topological polar surface area (TPSA) is 66.8 Å². The third-order valence-electron chi connectivity index (χ3n) is 3.55. The van der Waals surface area contributed by atoms with E-state index in [4.69, 9.17) is 4.74 Å². The minimum absolute atomic E-state index is 0.462. The number of carboxylic acid groups (broad SMARTS) is 1. The quantitative estimate of drug-likeness (QED) is 0.828. The maximum Gasteiger partial charge on any atom is 0.337 e. The van der Waals surface area contributed by atoms with Gasteiger partial charge in [-0.15, -0.1) is 0 Å². The fourth-order valence-corrected chi connectivity index (χ4v) is 2.11. The Kier molecular flexibility index (Phi) is 4.22. The van der Waals surface area contributed by atoms with Gasteiger partial charge in [-0.3, -0.25) is 0 Å². The number of aliphatic hydroxyl groups excluding tert-OH is 1. The van der Waals surface area contributed by atoms with Crippen molar-refractivity contribution in [3.63, 3.8) is 0 Å². The van der Waals surface area contributed by atoms with Crippen molar-refractivity contribution in [1.82, 2.24) is 0 Å². The highest BCUT2D eigenvalue weighted by atomic mass is 16.5. The zero-order valence-electron chi connectivity index (χ0n) is 11.2. The van der Waals surface area contributed by atoms with Crippen LogP contribution in [0.3, 0.4) is 0 Å². The molecule has 0 radical (unpaired) electrons. The molecule has 0 amide bonds. The summed E-state index contributed by atoms with van der Waals surface area (Å²) in [4.78, 5) is 11.4. The van der Waals surface area contributed by atoms with Gasteiger partial charge in [-0.1, -0.05) is 24.3 Å². The first-order valence-corrected chi connectivity index (χ1v) is 6.66. The number of carbonyl (C=O) groups is 1. The van der Waals surface area contributed by atoms with Gasteiger partial charge >= 0.3 is 5.97 Å². The average Bonchev–Trinajstić information content (AvgIpc) is 3.19. The Morgan fingerprint density at radius 3 is 2.47 bits per heavy atom. The normalized spacial score (nSPS) is 19.7. The van der Waals surface area contributed by atoms with Gasteiger partial charge in [0.25, 0.3) is 0 Å². The van der Waals surface area contributed by atoms with Crippen LogP contribution >= 0.6 is 0 Å². The van der Waals surface area contributed by atoms with Gasteiger partial charge in [0.15, 0.2) is 6.10 Å². The first-order valence-electron chi connectivity index (χ1n) is 6.66. The van der Waals surface area contributed by atoms with E-state index in [2.05, 4.69) is 0 Å². The van der Waals surface area contributed by atoms with Crippen molar-refractivity contribution in [2.45, 2.75) is 50.9 Å². The molecule has 1 fully saturated rings. The van der Waals surface area contributed by atoms with Crippen LogP contribution < -0.4 is 0 Å². The second-order valence-electron chi connectivity index (χ2n) is 5.20. The van der Waals surface area contributed by atoms with Crippen molar-refractivity contribution in [2.24, 2.45) is 0 Å². The molecule has 2 rings (SSSR count). The molecule has 1 aliphatic rings. The van der Waals surface area contributed by atoms with E-state index < -0.39 is 24.3 Å². The molecule has 0 bridgehead atoms. The molecule has 1 saturated carbocycles. The van der Waals surface area contributed by atoms with Crippen LogP contribution in [0.15, 0.2) is 24.3 Å². The van der Waals surface area contributed by atoms with Crippen LogP contribution in [0.25, 0.3) is 0 Å². The molecule has 2 N–H and O–H groups in total. The Balaban J connectivity index is 2.26. The van der Waals surface area contributed by atoms with E-state index in [1.807, 2.05) is 18.2 Å². The predicted octanol–water partition coefficient (Wildman–Crippen LogP) is 2.48. The molecule has 1 aromatic rings. The second kappa shape index (κ2) is 5.72. The number of hydrogen-bond acceptors (Lipinski definition) is 3. The highest BCUT2D eigenvalue weighted by Gasteiger charge is 2.32. The molecule has 0 saturated heterocycles. The van der Waals surface area contributed by atoms with Gasteiger partial charge in [-0.05, 0) is 43.7 Å². The van der Waals surface area contributed by atoms with Crippen LogP contribution in [-0.4, -0.2) is 28.4 Å². The van der Waals surface area contributed by atoms with E-state index >= 15 is 0 Å². The summed E-state index contributed by atoms with van der Waals surface area (Å²) in [7, 11) is 0. The van der Waals surface area contributed by atoms with Gasteiger partial charge < -0.3 is 14.9 Å². The predicted molar refractivity (Wildman–Crippen MR) is 71.0 cm³/mol. The zero-order chi connectivity index (χ0) is 14.0. The monoisotopic (exact) mass is 264 g/mol. The lowest BCUT2D eigenvalue weighted by Crippen LogP contribution is -2.28. The van der Waals surface area contributed by atoms with Crippen LogP contribution in [0.1, 0.15) is 49.8 Å². The van der Waals surface area contributed by atoms with Crippen LogP contribution in [0.5, 0.6) is 0 Å². The molecule has 4 nitrogen and oxygen atoms in total. The number of ether oxygens (including phenoxy) is 1. The fourth-order valence-electron chi connectivity index (χ4n) is 2.11. The molecule has 1 aromatic carbocycles. The Bertz CT molecular complexity index is 451. The number of rotatable bonds is 6. The van der Waals surface area contributed by atoms with Gasteiger partial charge in [-0.2, -0.15) is 0 Å². The Hall–Kier alpha value is -1.39. The van der Waals surface area contributed by atoms with E-state index in [0.29, 0.717) is 11.5 Å². The lowest BCUT2D eigenvalue weighted by atomic mass is 9.98. The summed E-state index contributed by atoms with van der Waals surface area (Å²) in [6.07, 6.45) is -0.0188. The van der Waals surface area contributed by atoms with Crippen molar-refractivity contribution >= 4 is 5.97 Å². The minimum Gasteiger partial charge on any atom is -0.479 e. The second-order valence-corrected chi connectivity index (χ2v) is 5.20. The maximum absolute atomic E-state index is 11.4. The average molecular weight is 264 g/mol. The summed E-state index contributed by atoms with van der Waals surface area (Å²) in [5.74, 6) is -0.552. The number of benzene rings is 1. The Morgan fingerprint density at radius 2 is 1.95 bits per heavy atom. The molecule has 1 aliphatic carbocycles. The summed E-state index contributed by atoms with van der Waals surface area (Å²) < 4.78 is 5.53. The van der Waals surface area contributed by atoms with Gasteiger partial charge in [0.1, 0.15) is 0 Å². The minimum atomic E-state index is -1.01. The molecule has 3 unspecified atom stereocenters. The van der Waals surface area contributed by atoms with Crippen LogP contribution in [0.4, 0.5) is 0 Å². The standard InChI is InChI=1S/C15H20O4/c1-9(16)10(2)19-14(15(17)18)13-6-4-3-5-12(13)11-7-8-11/h3-6,9-11,14,16H,7-8H2,1-2H3,(H,17,18). The lowest BCUT2D eigenvalue weighted by molar-refractivity contribution is -0.158. The van der Waals surface area contributed by atoms with Gasteiger partial charge in [0, 0.05) is 0 Å². The van der Waals surface area contributed by atoms with Crippen molar-refractivity contribution in [3.05, 3.63) is 35.4 Å². The number of carboxylic acids is 1. The third kappa shape index (κ3) is 3.33. The summed E-state index contributed by atoms with van der Waals surface area (Å²) >= 11 is 0. The molecule has 104 valence electrons. The third-order valence-corrected chi connectivity index (χ3v) is 3.55. The van der Waals surface area contributed by atoms with Gasteiger partial charge in [-0.25, -0.2) is 4.79 Å². The molecule has 3 atom stereocenters. The smallest absolute Gasteiger partial charge is 0.337 e. The summed E-state index contributed by atoms with van der Waals surface area (Å²) in [6, 6.07) is 7.53. The molecule has 0 spiro atoms. The van der Waals surface area contributed by atoms with Crippen molar-refractivity contribution < 1.29 is 19.7 Å². The summed E-state index contributed by atoms with van der Waals surface area (Å²) in [5.41, 5.74) is 1.78. The number of aliphatic carboxylic acids is 1. The maximum atomic E-state index is 11.4. The molecule has 0 aromatic heterocycles. The van der Waals surface area contributed by atoms with Crippen molar-refractivity contribution in [3.8, 4) is 0 Å². The molecule has 4 heteroatoms. The molecule has 0 aliphatic heterocycles. The molecular formula is C15H20O4. The SMILES string of the molecule is CC(O)C(C)OC(C(=O)O)c1ccccc1C1CC1. The van der Waals surface area contributed by atoms with E-state index in [9.17, 15) is 15.0 Å². The zero-order valence-corrected chi connectivity index (χ0v) is 11.2. The van der Waals surface area contributed by atoms with Crippen LogP contribution in [-0.2, 0) is 9.53 Å². The Morgan fingerprint density at radius 1 is 1.32 bits per heavy atom. The first-order chi connectivity index (χ1) is 9.00. The van der Waals surface area contributed by atoms with Gasteiger partial charge in [0.05, 0.1) is 12.2 Å².